The summed E-state index contributed by atoms with van der Waals surface area (Å²) < 4.78 is 5.45. The second-order valence-electron chi connectivity index (χ2n) is 4.96. The van der Waals surface area contributed by atoms with Gasteiger partial charge in [0.05, 0.1) is 18.2 Å². The summed E-state index contributed by atoms with van der Waals surface area (Å²) in [4.78, 5) is 6.60. The van der Waals surface area contributed by atoms with E-state index in [0.717, 1.165) is 19.0 Å². The molecule has 86 valence electrons. The normalized spacial score (nSPS) is 33.0. The number of aliphatic imine (C=N–C) groups is 1. The molecule has 0 amide bonds. The second-order valence-corrected chi connectivity index (χ2v) is 4.96. The molecule has 4 heteroatoms. The van der Waals surface area contributed by atoms with Crippen LogP contribution in [0.15, 0.2) is 4.99 Å². The van der Waals surface area contributed by atoms with Gasteiger partial charge in [0.15, 0.2) is 5.96 Å². The fourth-order valence-electron chi connectivity index (χ4n) is 2.14. The zero-order valence-corrected chi connectivity index (χ0v) is 9.86. The van der Waals surface area contributed by atoms with Gasteiger partial charge in [0, 0.05) is 13.7 Å². The average molecular weight is 211 g/mol. The molecule has 2 N–H and O–H groups in total. The minimum Gasteiger partial charge on any atom is -0.379 e. The van der Waals surface area contributed by atoms with Gasteiger partial charge < -0.3 is 15.4 Å². The first kappa shape index (κ1) is 10.7. The Labute approximate surface area is 91.5 Å². The highest BCUT2D eigenvalue weighted by Crippen LogP contribution is 2.35. The van der Waals surface area contributed by atoms with Gasteiger partial charge >= 0.3 is 0 Å². The number of hydrogen-bond acceptors (Lipinski definition) is 4. The molecule has 1 aliphatic carbocycles. The lowest BCUT2D eigenvalue weighted by Gasteiger charge is -2.40. The van der Waals surface area contributed by atoms with Crippen LogP contribution in [0.25, 0.3) is 0 Å². The number of nitrogens with zero attached hydrogens (tertiary/aromatic N) is 2. The van der Waals surface area contributed by atoms with Crippen LogP contribution in [0.4, 0.5) is 0 Å². The monoisotopic (exact) mass is 211 g/mol. The van der Waals surface area contributed by atoms with Crippen LogP contribution in [0.3, 0.4) is 0 Å². The summed E-state index contributed by atoms with van der Waals surface area (Å²) in [5, 5.41) is 0. The Bertz CT molecular complexity index is 275. The van der Waals surface area contributed by atoms with Crippen molar-refractivity contribution in [1.82, 2.24) is 4.90 Å². The Morgan fingerprint density at radius 2 is 2.33 bits per heavy atom. The molecule has 0 aromatic rings. The number of guanidine groups is 1. The summed E-state index contributed by atoms with van der Waals surface area (Å²) in [5.41, 5.74) is 5.89. The summed E-state index contributed by atoms with van der Waals surface area (Å²) in [6.45, 7) is 6.07. The van der Waals surface area contributed by atoms with E-state index in [2.05, 4.69) is 23.7 Å². The van der Waals surface area contributed by atoms with Gasteiger partial charge in [-0.2, -0.15) is 0 Å². The molecule has 2 atom stereocenters. The molecular formula is C11H21N3O. The maximum atomic E-state index is 5.94. The first-order valence-electron chi connectivity index (χ1n) is 5.68. The molecule has 0 spiro atoms. The molecule has 0 aromatic heterocycles. The maximum Gasteiger partial charge on any atom is 0.191 e. The molecule has 1 saturated carbocycles. The summed E-state index contributed by atoms with van der Waals surface area (Å²) in [6.07, 6.45) is 2.82. The summed E-state index contributed by atoms with van der Waals surface area (Å²) >= 11 is 0. The van der Waals surface area contributed by atoms with Crippen molar-refractivity contribution >= 4 is 5.96 Å². The van der Waals surface area contributed by atoms with E-state index in [4.69, 9.17) is 10.5 Å². The van der Waals surface area contributed by atoms with Gasteiger partial charge in [-0.15, -0.1) is 0 Å². The maximum absolute atomic E-state index is 5.94. The molecule has 15 heavy (non-hydrogen) atoms. The van der Waals surface area contributed by atoms with Crippen molar-refractivity contribution in [2.75, 3.05) is 20.2 Å². The molecule has 0 aromatic carbocycles. The highest BCUT2D eigenvalue weighted by molar-refractivity contribution is 5.81. The Morgan fingerprint density at radius 3 is 2.87 bits per heavy atom. The van der Waals surface area contributed by atoms with Crippen LogP contribution in [0.5, 0.6) is 0 Å². The Hall–Kier alpha value is -0.770. The zero-order valence-electron chi connectivity index (χ0n) is 9.86. The summed E-state index contributed by atoms with van der Waals surface area (Å²) in [7, 11) is 1.75. The van der Waals surface area contributed by atoms with E-state index in [1.807, 2.05) is 0 Å². The van der Waals surface area contributed by atoms with E-state index in [0.29, 0.717) is 5.96 Å². The van der Waals surface area contributed by atoms with Crippen LogP contribution in [0.1, 0.15) is 26.7 Å². The van der Waals surface area contributed by atoms with Gasteiger partial charge in [0.2, 0.25) is 0 Å². The van der Waals surface area contributed by atoms with Crippen LogP contribution in [0.2, 0.25) is 0 Å². The Morgan fingerprint density at radius 1 is 1.67 bits per heavy atom. The molecule has 1 heterocycles. The van der Waals surface area contributed by atoms with Crippen molar-refractivity contribution in [3.8, 4) is 0 Å². The molecule has 0 bridgehead atoms. The molecule has 4 nitrogen and oxygen atoms in total. The molecular weight excluding hydrogens is 190 g/mol. The number of hydrogen-bond donors (Lipinski definition) is 1. The fraction of sp³-hybridized carbons (Fsp3) is 0.909. The van der Waals surface area contributed by atoms with E-state index < -0.39 is 0 Å². The number of methoxy groups -OCH3 is 1. The highest BCUT2D eigenvalue weighted by Gasteiger charge is 2.44. The Kier molecular flexibility index (Phi) is 2.63. The summed E-state index contributed by atoms with van der Waals surface area (Å²) in [6, 6.07) is 0. The van der Waals surface area contributed by atoms with Crippen LogP contribution >= 0.6 is 0 Å². The van der Waals surface area contributed by atoms with Crippen molar-refractivity contribution in [1.29, 1.82) is 0 Å². The Balaban J connectivity index is 2.10. The standard InChI is InChI=1S/C11H21N3O/c1-8(15-3)11(2)7-13-10(12)14(11)6-9-4-5-9/h8-9H,4-7H2,1-3H3,(H2,12,13). The highest BCUT2D eigenvalue weighted by atomic mass is 16.5. The number of rotatable bonds is 4. The predicted molar refractivity (Wildman–Crippen MR) is 60.8 cm³/mol. The summed E-state index contributed by atoms with van der Waals surface area (Å²) in [5.74, 6) is 1.51. The minimum absolute atomic E-state index is 0.0541. The average Bonchev–Trinajstić information content (AvgIpc) is 2.99. The van der Waals surface area contributed by atoms with Crippen molar-refractivity contribution in [3.63, 3.8) is 0 Å². The topological polar surface area (TPSA) is 50.9 Å². The van der Waals surface area contributed by atoms with E-state index in [9.17, 15) is 0 Å². The fourth-order valence-corrected chi connectivity index (χ4v) is 2.14. The van der Waals surface area contributed by atoms with E-state index in [1.54, 1.807) is 7.11 Å². The molecule has 0 saturated heterocycles. The molecule has 1 fully saturated rings. The van der Waals surface area contributed by atoms with E-state index in [-0.39, 0.29) is 11.6 Å². The molecule has 1 aliphatic heterocycles. The lowest BCUT2D eigenvalue weighted by molar-refractivity contribution is 0.00562. The molecule has 2 aliphatic rings. The van der Waals surface area contributed by atoms with E-state index in [1.165, 1.54) is 12.8 Å². The third-order valence-electron chi connectivity index (χ3n) is 3.82. The predicted octanol–water partition coefficient (Wildman–Crippen LogP) is 0.820. The van der Waals surface area contributed by atoms with Crippen LogP contribution in [-0.4, -0.2) is 42.7 Å². The van der Waals surface area contributed by atoms with Gasteiger partial charge in [0.25, 0.3) is 0 Å². The third-order valence-corrected chi connectivity index (χ3v) is 3.82. The first-order valence-corrected chi connectivity index (χ1v) is 5.68. The van der Waals surface area contributed by atoms with Gasteiger partial charge in [-0.05, 0) is 32.6 Å². The van der Waals surface area contributed by atoms with Crippen molar-refractivity contribution in [2.45, 2.75) is 38.3 Å². The zero-order chi connectivity index (χ0) is 11.1. The smallest absolute Gasteiger partial charge is 0.191 e. The quantitative estimate of drug-likeness (QED) is 0.749. The third kappa shape index (κ3) is 1.83. The molecule has 2 unspecified atom stereocenters. The minimum atomic E-state index is -0.0541. The largest absolute Gasteiger partial charge is 0.379 e. The first-order chi connectivity index (χ1) is 7.08. The number of ether oxygens (including phenoxy) is 1. The molecule has 0 radical (unpaired) electrons. The van der Waals surface area contributed by atoms with Crippen LogP contribution in [0, 0.1) is 5.92 Å². The van der Waals surface area contributed by atoms with Crippen molar-refractivity contribution < 1.29 is 4.74 Å². The lowest BCUT2D eigenvalue weighted by atomic mass is 9.94. The SMILES string of the molecule is COC(C)C1(C)CN=C(N)N1CC1CC1. The number of nitrogens with two attached hydrogens (primary N) is 1. The van der Waals surface area contributed by atoms with Crippen LogP contribution < -0.4 is 5.73 Å². The van der Waals surface area contributed by atoms with Crippen molar-refractivity contribution in [2.24, 2.45) is 16.6 Å². The van der Waals surface area contributed by atoms with Gasteiger partial charge in [-0.25, -0.2) is 0 Å². The van der Waals surface area contributed by atoms with Crippen molar-refractivity contribution in [3.05, 3.63) is 0 Å². The lowest BCUT2D eigenvalue weighted by Crippen LogP contribution is -2.56. The molecule has 2 rings (SSSR count). The van der Waals surface area contributed by atoms with Gasteiger partial charge in [-0.3, -0.25) is 4.99 Å². The second kappa shape index (κ2) is 3.67. The van der Waals surface area contributed by atoms with Gasteiger partial charge in [-0.1, -0.05) is 0 Å². The van der Waals surface area contributed by atoms with Crippen LogP contribution in [-0.2, 0) is 4.74 Å². The van der Waals surface area contributed by atoms with Gasteiger partial charge in [0.1, 0.15) is 0 Å². The van der Waals surface area contributed by atoms with E-state index >= 15 is 0 Å².